The van der Waals surface area contributed by atoms with Crippen LogP contribution in [0.2, 0.25) is 0 Å². The van der Waals surface area contributed by atoms with E-state index in [0.717, 1.165) is 5.56 Å². The van der Waals surface area contributed by atoms with Crippen LogP contribution in [0.5, 0.6) is 0 Å². The second kappa shape index (κ2) is 14.2. The number of rotatable bonds is 9. The van der Waals surface area contributed by atoms with Crippen LogP contribution < -0.4 is 0 Å². The zero-order valence-electron chi connectivity index (χ0n) is 22.3. The number of carbonyl (C=O) groups excluding carboxylic acids is 4. The van der Waals surface area contributed by atoms with E-state index in [1.54, 1.807) is 6.92 Å². The van der Waals surface area contributed by atoms with Gasteiger partial charge in [0.25, 0.3) is 0 Å². The van der Waals surface area contributed by atoms with Crippen molar-refractivity contribution in [1.29, 1.82) is 0 Å². The molecule has 0 aromatic heterocycles. The fourth-order valence-electron chi connectivity index (χ4n) is 4.40. The third-order valence-electron chi connectivity index (χ3n) is 5.90. The molecule has 0 saturated carbocycles. The summed E-state index contributed by atoms with van der Waals surface area (Å²) in [6.07, 6.45) is -8.14. The molecule has 2 aliphatic heterocycles. The van der Waals surface area contributed by atoms with E-state index in [1.165, 1.54) is 27.7 Å². The van der Waals surface area contributed by atoms with Gasteiger partial charge >= 0.3 is 23.9 Å². The van der Waals surface area contributed by atoms with Crippen molar-refractivity contribution in [3.63, 3.8) is 0 Å². The fraction of sp³-hybridized carbons (Fsp3) is 0.615. The Kier molecular flexibility index (Phi) is 11.2. The molecule has 0 N–H and O–H groups in total. The van der Waals surface area contributed by atoms with Crippen LogP contribution in [0, 0.1) is 0 Å². The maximum absolute atomic E-state index is 12.0. The molecule has 216 valence electrons. The van der Waals surface area contributed by atoms with Gasteiger partial charge in [-0.2, -0.15) is 0 Å². The maximum atomic E-state index is 12.0. The van der Waals surface area contributed by atoms with Crippen molar-refractivity contribution < 1.29 is 57.1 Å². The van der Waals surface area contributed by atoms with Gasteiger partial charge < -0.3 is 37.9 Å². The molecule has 2 fully saturated rings. The van der Waals surface area contributed by atoms with Gasteiger partial charge in [-0.25, -0.2) is 0 Å². The smallest absolute Gasteiger partial charge is 0.303 e. The van der Waals surface area contributed by atoms with Gasteiger partial charge in [0.15, 0.2) is 35.7 Å². The first-order chi connectivity index (χ1) is 18.5. The highest BCUT2D eigenvalue weighted by atomic mass is 79.9. The molecule has 0 bridgehead atoms. The van der Waals surface area contributed by atoms with Crippen LogP contribution in [0.1, 0.15) is 40.2 Å². The van der Waals surface area contributed by atoms with Crippen molar-refractivity contribution >= 4 is 39.8 Å². The van der Waals surface area contributed by atoms with Crippen LogP contribution in [-0.4, -0.2) is 84.5 Å². The largest absolute Gasteiger partial charge is 0.456 e. The molecule has 2 aliphatic rings. The van der Waals surface area contributed by atoms with Gasteiger partial charge in [0, 0.05) is 27.7 Å². The van der Waals surface area contributed by atoms with Gasteiger partial charge in [0.1, 0.15) is 12.2 Å². The fourth-order valence-corrected chi connectivity index (χ4v) is 5.14. The summed E-state index contributed by atoms with van der Waals surface area (Å²) >= 11 is 3.33. The van der Waals surface area contributed by atoms with Gasteiger partial charge in [-0.3, -0.25) is 19.2 Å². The summed E-state index contributed by atoms with van der Waals surface area (Å²) in [6.45, 7) is 6.48. The molecule has 0 amide bonds. The van der Waals surface area contributed by atoms with E-state index in [0.29, 0.717) is 0 Å². The third kappa shape index (κ3) is 8.70. The van der Waals surface area contributed by atoms with Crippen molar-refractivity contribution in [2.24, 2.45) is 0 Å². The summed E-state index contributed by atoms with van der Waals surface area (Å²) in [5, 5.41) is -0.792. The first kappa shape index (κ1) is 31.0. The molecule has 2 saturated heterocycles. The quantitative estimate of drug-likeness (QED) is 0.228. The lowest BCUT2D eigenvalue weighted by Crippen LogP contribution is -2.63. The summed E-state index contributed by atoms with van der Waals surface area (Å²) in [4.78, 5) is 47.6. The van der Waals surface area contributed by atoms with E-state index in [9.17, 15) is 19.2 Å². The second-order valence-electron chi connectivity index (χ2n) is 9.13. The molecular weight excluding hydrogens is 584 g/mol. The Hall–Kier alpha value is -2.58. The summed E-state index contributed by atoms with van der Waals surface area (Å²) in [5.41, 5.74) is 0.816. The lowest BCUT2D eigenvalue weighted by Gasteiger charge is -2.46. The number of ether oxygens (including phenoxy) is 8. The van der Waals surface area contributed by atoms with Crippen LogP contribution in [-0.2, 0) is 63.7 Å². The summed E-state index contributed by atoms with van der Waals surface area (Å²) in [6, 6.07) is 9.22. The molecule has 1 aromatic rings. The van der Waals surface area contributed by atoms with Crippen LogP contribution in [0.3, 0.4) is 0 Å². The van der Waals surface area contributed by atoms with E-state index in [4.69, 9.17) is 37.9 Å². The maximum Gasteiger partial charge on any atom is 0.303 e. The lowest BCUT2D eigenvalue weighted by atomic mass is 9.99. The highest BCUT2D eigenvalue weighted by Crippen LogP contribution is 2.34. The van der Waals surface area contributed by atoms with E-state index in [1.807, 2.05) is 30.3 Å². The number of esters is 4. The van der Waals surface area contributed by atoms with Gasteiger partial charge in [0.05, 0.1) is 19.3 Å². The van der Waals surface area contributed by atoms with Crippen LogP contribution in [0.4, 0.5) is 0 Å². The molecule has 1 unspecified atom stereocenters. The predicted molar refractivity (Wildman–Crippen MR) is 135 cm³/mol. The number of hydrogen-bond donors (Lipinski definition) is 0. The molecule has 0 radical (unpaired) electrons. The number of hydrogen-bond acceptors (Lipinski definition) is 12. The van der Waals surface area contributed by atoms with E-state index in [-0.39, 0.29) is 13.2 Å². The van der Waals surface area contributed by atoms with Crippen LogP contribution in [0.25, 0.3) is 0 Å². The van der Waals surface area contributed by atoms with E-state index < -0.39 is 77.9 Å². The zero-order valence-corrected chi connectivity index (χ0v) is 23.9. The van der Waals surface area contributed by atoms with Crippen LogP contribution >= 0.6 is 15.9 Å². The summed E-state index contributed by atoms with van der Waals surface area (Å²) < 4.78 is 46.0. The summed E-state index contributed by atoms with van der Waals surface area (Å²) in [5.74, 6) is -2.47. The predicted octanol–water partition coefficient (Wildman–Crippen LogP) is 2.18. The second-order valence-corrected chi connectivity index (χ2v) is 10.0. The lowest BCUT2D eigenvalue weighted by molar-refractivity contribution is -0.325. The minimum absolute atomic E-state index is 0.0862. The first-order valence-corrected chi connectivity index (χ1v) is 13.3. The molecule has 39 heavy (non-hydrogen) atoms. The molecule has 3 rings (SSSR count). The van der Waals surface area contributed by atoms with Gasteiger partial charge in [-0.15, -0.1) is 0 Å². The van der Waals surface area contributed by atoms with Crippen molar-refractivity contribution in [3.05, 3.63) is 35.9 Å². The van der Waals surface area contributed by atoms with Gasteiger partial charge in [-0.1, -0.05) is 46.3 Å². The number of benzene rings is 1. The number of halogens is 1. The molecule has 12 nitrogen and oxygen atoms in total. The monoisotopic (exact) mass is 616 g/mol. The Morgan fingerprint density at radius 3 is 1.95 bits per heavy atom. The van der Waals surface area contributed by atoms with Crippen molar-refractivity contribution in [3.8, 4) is 0 Å². The van der Waals surface area contributed by atoms with E-state index in [2.05, 4.69) is 15.9 Å². The Labute approximate surface area is 234 Å². The molecule has 13 heteroatoms. The van der Waals surface area contributed by atoms with Crippen molar-refractivity contribution in [2.45, 2.75) is 95.3 Å². The van der Waals surface area contributed by atoms with Gasteiger partial charge in [-0.05, 0) is 12.5 Å². The Morgan fingerprint density at radius 1 is 0.795 bits per heavy atom. The van der Waals surface area contributed by atoms with Gasteiger partial charge in [0.2, 0.25) is 0 Å². The molecule has 0 spiro atoms. The Balaban J connectivity index is 1.93. The first-order valence-electron chi connectivity index (χ1n) is 12.4. The number of carbonyl (C=O) groups is 4. The van der Waals surface area contributed by atoms with Crippen molar-refractivity contribution in [2.75, 3.05) is 6.61 Å². The average molecular weight is 617 g/mol. The highest BCUT2D eigenvalue weighted by molar-refractivity contribution is 9.09. The molecular formula is C26H33BrO12. The molecule has 2 heterocycles. The normalized spacial score (nSPS) is 32.5. The minimum Gasteiger partial charge on any atom is -0.456 e. The summed E-state index contributed by atoms with van der Waals surface area (Å²) in [7, 11) is 0. The molecule has 9 atom stereocenters. The zero-order chi connectivity index (χ0) is 28.7. The molecule has 1 aromatic carbocycles. The van der Waals surface area contributed by atoms with E-state index >= 15 is 0 Å². The third-order valence-corrected chi connectivity index (χ3v) is 6.63. The molecule has 0 aliphatic carbocycles. The standard InChI is InChI=1S/C26H33BrO12/c1-13-20(22(37-16(4)30)23(25(27)34-13)38-17(5)31)39-26-24(32-11-18-9-7-6-8-10-18)21(36-15(3)29)19(12-33-26)35-14(2)28/h6-10,13,19-26H,11-12H2,1-5H3/t13-,19-,20-,21-,22+,23+,24+,25?,26+/m0/s1. The Bertz CT molecular complexity index is 1000. The highest BCUT2D eigenvalue weighted by Gasteiger charge is 2.53. The SMILES string of the molecule is CC(=O)O[C@@H]1[C@@H](OCc2ccccc2)[C@@H](O[C@@H]2[C@@H](OC(C)=O)[C@@H](OC(C)=O)C(Br)O[C@H]2C)OC[C@@H]1OC(C)=O. The topological polar surface area (TPSA) is 142 Å². The average Bonchev–Trinajstić information content (AvgIpc) is 2.84. The van der Waals surface area contributed by atoms with Crippen LogP contribution in [0.15, 0.2) is 30.3 Å². The minimum atomic E-state index is -1.19. The van der Waals surface area contributed by atoms with Crippen molar-refractivity contribution in [1.82, 2.24) is 0 Å². The Morgan fingerprint density at radius 2 is 1.36 bits per heavy atom. The number of alkyl halides is 1.